The van der Waals surface area contributed by atoms with Crippen molar-refractivity contribution in [3.05, 3.63) is 52.8 Å². The van der Waals surface area contributed by atoms with E-state index in [2.05, 4.69) is 5.32 Å². The number of para-hydroxylation sites is 1. The van der Waals surface area contributed by atoms with E-state index in [4.69, 9.17) is 0 Å². The van der Waals surface area contributed by atoms with Crippen molar-refractivity contribution >= 4 is 17.4 Å². The van der Waals surface area contributed by atoms with E-state index in [1.54, 1.807) is 23.9 Å². The minimum Gasteiger partial charge on any atom is -0.346 e. The molecule has 0 unspecified atom stereocenters. The summed E-state index contributed by atoms with van der Waals surface area (Å²) in [5.74, 6) is -0.260. The summed E-state index contributed by atoms with van der Waals surface area (Å²) in [5, 5.41) is 2.92. The van der Waals surface area contributed by atoms with Gasteiger partial charge in [-0.2, -0.15) is 0 Å². The maximum atomic E-state index is 12.3. The topological polar surface area (TPSA) is 51.1 Å². The summed E-state index contributed by atoms with van der Waals surface area (Å²) >= 11 is 0. The van der Waals surface area contributed by atoms with Crippen molar-refractivity contribution in [2.24, 2.45) is 7.05 Å². The van der Waals surface area contributed by atoms with Crippen LogP contribution in [0, 0.1) is 13.8 Å². The van der Waals surface area contributed by atoms with Crippen molar-refractivity contribution in [2.75, 3.05) is 5.32 Å². The quantitative estimate of drug-likeness (QED) is 0.871. The Balaban J connectivity index is 2.31. The van der Waals surface area contributed by atoms with Crippen LogP contribution in [0.5, 0.6) is 0 Å². The molecule has 1 aromatic heterocycles. The summed E-state index contributed by atoms with van der Waals surface area (Å²) in [6.45, 7) is 5.39. The van der Waals surface area contributed by atoms with Gasteiger partial charge in [0.25, 0.3) is 5.91 Å². The van der Waals surface area contributed by atoms with E-state index in [9.17, 15) is 9.59 Å². The number of Topliss-reactive ketones (excluding diaryl/α,β-unsaturated/α-hetero) is 1. The highest BCUT2D eigenvalue weighted by Crippen LogP contribution is 2.20. The van der Waals surface area contributed by atoms with E-state index < -0.39 is 0 Å². The molecule has 0 spiro atoms. The van der Waals surface area contributed by atoms with Crippen molar-refractivity contribution in [1.29, 1.82) is 0 Å². The van der Waals surface area contributed by atoms with E-state index in [0.717, 1.165) is 16.8 Å². The van der Waals surface area contributed by atoms with Crippen LogP contribution in [0.25, 0.3) is 0 Å². The average molecular weight is 270 g/mol. The molecule has 4 nitrogen and oxygen atoms in total. The Morgan fingerprint density at radius 2 is 1.75 bits per heavy atom. The molecule has 20 heavy (non-hydrogen) atoms. The maximum absolute atomic E-state index is 12.3. The lowest BCUT2D eigenvalue weighted by Gasteiger charge is -2.11. The van der Waals surface area contributed by atoms with Crippen molar-refractivity contribution in [3.8, 4) is 0 Å². The third-order valence-corrected chi connectivity index (χ3v) is 3.36. The fraction of sp³-hybridized carbons (Fsp3) is 0.250. The Labute approximate surface area is 118 Å². The fourth-order valence-corrected chi connectivity index (χ4v) is 2.17. The summed E-state index contributed by atoms with van der Waals surface area (Å²) in [5.41, 5.74) is 3.86. The zero-order valence-electron chi connectivity index (χ0n) is 12.2. The number of aromatic nitrogens is 1. The largest absolute Gasteiger partial charge is 0.346 e. The zero-order chi connectivity index (χ0) is 14.9. The normalized spacial score (nSPS) is 10.4. The van der Waals surface area contributed by atoms with Crippen molar-refractivity contribution in [3.63, 3.8) is 0 Å². The summed E-state index contributed by atoms with van der Waals surface area (Å²) in [6.07, 6.45) is 1.67. The minimum absolute atomic E-state index is 0.0493. The monoisotopic (exact) mass is 270 g/mol. The zero-order valence-corrected chi connectivity index (χ0v) is 12.2. The lowest BCUT2D eigenvalue weighted by Crippen LogP contribution is -2.16. The first kappa shape index (κ1) is 14.1. The summed E-state index contributed by atoms with van der Waals surface area (Å²) in [6, 6.07) is 7.48. The van der Waals surface area contributed by atoms with Crippen LogP contribution in [0.1, 0.15) is 38.9 Å². The molecule has 0 fully saturated rings. The molecule has 0 radical (unpaired) electrons. The van der Waals surface area contributed by atoms with Crippen LogP contribution in [-0.2, 0) is 7.05 Å². The molecule has 0 bridgehead atoms. The van der Waals surface area contributed by atoms with Gasteiger partial charge in [0, 0.05) is 24.5 Å². The van der Waals surface area contributed by atoms with Gasteiger partial charge in [0.2, 0.25) is 0 Å². The number of amides is 1. The van der Waals surface area contributed by atoms with E-state index in [0.29, 0.717) is 11.3 Å². The molecule has 4 heteroatoms. The molecule has 0 saturated heterocycles. The van der Waals surface area contributed by atoms with Crippen LogP contribution < -0.4 is 5.32 Å². The first-order valence-electron chi connectivity index (χ1n) is 6.45. The average Bonchev–Trinajstić information content (AvgIpc) is 2.76. The molecule has 1 heterocycles. The van der Waals surface area contributed by atoms with Gasteiger partial charge in [0.05, 0.1) is 0 Å². The third kappa shape index (κ3) is 2.64. The van der Waals surface area contributed by atoms with Crippen molar-refractivity contribution in [2.45, 2.75) is 20.8 Å². The molecule has 1 N–H and O–H groups in total. The number of carbonyl (C=O) groups is 2. The van der Waals surface area contributed by atoms with Crippen LogP contribution in [0.2, 0.25) is 0 Å². The van der Waals surface area contributed by atoms with Crippen molar-refractivity contribution in [1.82, 2.24) is 4.57 Å². The van der Waals surface area contributed by atoms with Gasteiger partial charge in [-0.05, 0) is 38.0 Å². The molecule has 0 aliphatic carbocycles. The fourth-order valence-electron chi connectivity index (χ4n) is 2.17. The minimum atomic E-state index is -0.211. The predicted octanol–water partition coefficient (Wildman–Crippen LogP) is 3.10. The Hall–Kier alpha value is -2.36. The van der Waals surface area contributed by atoms with Crippen LogP contribution in [0.4, 0.5) is 5.69 Å². The molecule has 2 rings (SSSR count). The van der Waals surface area contributed by atoms with Gasteiger partial charge >= 0.3 is 0 Å². The van der Waals surface area contributed by atoms with E-state index in [1.165, 1.54) is 6.92 Å². The molecular weight excluding hydrogens is 252 g/mol. The number of nitrogens with one attached hydrogen (secondary N) is 1. The molecule has 0 aliphatic rings. The second-order valence-corrected chi connectivity index (χ2v) is 5.00. The first-order chi connectivity index (χ1) is 9.40. The molecule has 104 valence electrons. The van der Waals surface area contributed by atoms with E-state index in [-0.39, 0.29) is 11.7 Å². The number of hydrogen-bond donors (Lipinski definition) is 1. The number of aryl methyl sites for hydroxylation is 3. The number of benzene rings is 1. The van der Waals surface area contributed by atoms with Gasteiger partial charge in [-0.25, -0.2) is 0 Å². The van der Waals surface area contributed by atoms with Gasteiger partial charge in [-0.3, -0.25) is 9.59 Å². The highest BCUT2D eigenvalue weighted by atomic mass is 16.2. The molecule has 0 aliphatic heterocycles. The SMILES string of the molecule is CC(=O)c1cc(C(=O)Nc2c(C)cccc2C)n(C)c1. The summed E-state index contributed by atoms with van der Waals surface area (Å²) in [7, 11) is 1.76. The number of ketones is 1. The molecule has 0 saturated carbocycles. The highest BCUT2D eigenvalue weighted by Gasteiger charge is 2.15. The van der Waals surface area contributed by atoms with Gasteiger partial charge in [-0.1, -0.05) is 18.2 Å². The highest BCUT2D eigenvalue weighted by molar-refractivity contribution is 6.06. The molecule has 0 atom stereocenters. The van der Waals surface area contributed by atoms with E-state index in [1.807, 2.05) is 32.0 Å². The predicted molar refractivity (Wildman–Crippen MR) is 79.3 cm³/mol. The number of nitrogens with zero attached hydrogens (tertiary/aromatic N) is 1. The Bertz CT molecular complexity index is 664. The number of carbonyl (C=O) groups excluding carboxylic acids is 2. The Kier molecular flexibility index (Phi) is 3.74. The third-order valence-electron chi connectivity index (χ3n) is 3.36. The second-order valence-electron chi connectivity index (χ2n) is 5.00. The first-order valence-corrected chi connectivity index (χ1v) is 6.45. The van der Waals surface area contributed by atoms with E-state index >= 15 is 0 Å². The lowest BCUT2D eigenvalue weighted by molar-refractivity contribution is 0.101. The Morgan fingerprint density at radius 1 is 1.15 bits per heavy atom. The van der Waals surface area contributed by atoms with Gasteiger partial charge < -0.3 is 9.88 Å². The summed E-state index contributed by atoms with van der Waals surface area (Å²) in [4.78, 5) is 23.7. The van der Waals surface area contributed by atoms with Crippen LogP contribution in [0.15, 0.2) is 30.5 Å². The van der Waals surface area contributed by atoms with Crippen LogP contribution in [-0.4, -0.2) is 16.3 Å². The molecule has 1 aromatic carbocycles. The van der Waals surface area contributed by atoms with Crippen LogP contribution in [0.3, 0.4) is 0 Å². The van der Waals surface area contributed by atoms with Gasteiger partial charge in [0.1, 0.15) is 5.69 Å². The maximum Gasteiger partial charge on any atom is 0.272 e. The Morgan fingerprint density at radius 3 is 2.25 bits per heavy atom. The van der Waals surface area contributed by atoms with Gasteiger partial charge in [0.15, 0.2) is 5.78 Å². The van der Waals surface area contributed by atoms with Gasteiger partial charge in [-0.15, -0.1) is 0 Å². The number of hydrogen-bond acceptors (Lipinski definition) is 2. The molecule has 1 amide bonds. The van der Waals surface area contributed by atoms with Crippen molar-refractivity contribution < 1.29 is 9.59 Å². The molecule has 2 aromatic rings. The standard InChI is InChI=1S/C16H18N2O2/c1-10-6-5-7-11(2)15(10)17-16(20)14-8-13(12(3)19)9-18(14)4/h5-9H,1-4H3,(H,17,20). The smallest absolute Gasteiger partial charge is 0.272 e. The number of rotatable bonds is 3. The number of anilines is 1. The second kappa shape index (κ2) is 5.33. The molecular formula is C16H18N2O2. The lowest BCUT2D eigenvalue weighted by atomic mass is 10.1. The summed E-state index contributed by atoms with van der Waals surface area (Å²) < 4.78 is 1.67. The van der Waals surface area contributed by atoms with Crippen LogP contribution >= 0.6 is 0 Å².